The predicted octanol–water partition coefficient (Wildman–Crippen LogP) is 3.84. The molecule has 2 heterocycles. The van der Waals surface area contributed by atoms with E-state index in [4.69, 9.17) is 19.3 Å². The molecule has 3 atom stereocenters. The minimum Gasteiger partial charge on any atom is -0.497 e. The van der Waals surface area contributed by atoms with Crippen molar-refractivity contribution in [3.05, 3.63) is 40.7 Å². The van der Waals surface area contributed by atoms with Gasteiger partial charge in [-0.3, -0.25) is 5.10 Å². The van der Waals surface area contributed by atoms with Crippen molar-refractivity contribution in [2.24, 2.45) is 5.92 Å². The van der Waals surface area contributed by atoms with Crippen molar-refractivity contribution in [1.29, 1.82) is 0 Å². The summed E-state index contributed by atoms with van der Waals surface area (Å²) in [6.45, 7) is 4.00. The van der Waals surface area contributed by atoms with Crippen molar-refractivity contribution in [2.75, 3.05) is 27.4 Å². The Hall–Kier alpha value is -2.01. The molecule has 1 fully saturated rings. The summed E-state index contributed by atoms with van der Waals surface area (Å²) >= 11 is 0. The third kappa shape index (κ3) is 3.20. The Balaban J connectivity index is 1.58. The van der Waals surface area contributed by atoms with Gasteiger partial charge in [-0.1, -0.05) is 6.92 Å². The number of fused-ring (bicyclic) bond motifs is 1. The molecule has 0 saturated carbocycles. The van der Waals surface area contributed by atoms with E-state index in [9.17, 15) is 0 Å². The van der Waals surface area contributed by atoms with Crippen LogP contribution in [0.4, 0.5) is 0 Å². The molecule has 140 valence electrons. The molecule has 0 radical (unpaired) electrons. The van der Waals surface area contributed by atoms with Crippen LogP contribution in [0.25, 0.3) is 0 Å². The predicted molar refractivity (Wildman–Crippen MR) is 100 cm³/mol. The number of hydrogen-bond acceptors (Lipinski definition) is 4. The molecule has 5 heteroatoms. The molecule has 1 aliphatic carbocycles. The van der Waals surface area contributed by atoms with E-state index in [1.165, 1.54) is 22.5 Å². The molecule has 1 aromatic heterocycles. The Bertz CT molecular complexity index is 748. The Morgan fingerprint density at radius 1 is 1.12 bits per heavy atom. The summed E-state index contributed by atoms with van der Waals surface area (Å²) in [6, 6.07) is 6.19. The summed E-state index contributed by atoms with van der Waals surface area (Å²) in [5, 5.41) is 8.05. The van der Waals surface area contributed by atoms with Crippen LogP contribution in [0.2, 0.25) is 0 Å². The molecule has 26 heavy (non-hydrogen) atoms. The smallest absolute Gasteiger partial charge is 0.122 e. The normalized spacial score (nSPS) is 25.6. The summed E-state index contributed by atoms with van der Waals surface area (Å²) < 4.78 is 16.6. The highest BCUT2D eigenvalue weighted by Gasteiger charge is 2.32. The van der Waals surface area contributed by atoms with Gasteiger partial charge in [0.05, 0.1) is 26.5 Å². The lowest BCUT2D eigenvalue weighted by atomic mass is 9.79. The lowest BCUT2D eigenvalue weighted by Gasteiger charge is -2.29. The molecular weight excluding hydrogens is 328 g/mol. The molecule has 1 aromatic carbocycles. The van der Waals surface area contributed by atoms with Gasteiger partial charge in [-0.05, 0) is 60.8 Å². The maximum Gasteiger partial charge on any atom is 0.122 e. The molecule has 0 spiro atoms. The quantitative estimate of drug-likeness (QED) is 0.904. The van der Waals surface area contributed by atoms with Gasteiger partial charge in [0.1, 0.15) is 11.5 Å². The van der Waals surface area contributed by atoms with Crippen molar-refractivity contribution < 1.29 is 14.2 Å². The van der Waals surface area contributed by atoms with Crippen LogP contribution in [0.3, 0.4) is 0 Å². The molecule has 2 aromatic rings. The summed E-state index contributed by atoms with van der Waals surface area (Å²) in [6.07, 6.45) is 4.30. The third-order valence-corrected chi connectivity index (χ3v) is 6.08. The molecule has 1 aliphatic heterocycles. The summed E-state index contributed by atoms with van der Waals surface area (Å²) in [5.41, 5.74) is 5.24. The first-order valence-electron chi connectivity index (χ1n) is 9.56. The minimum atomic E-state index is 0.428. The van der Waals surface area contributed by atoms with Crippen molar-refractivity contribution >= 4 is 0 Å². The first kappa shape index (κ1) is 17.4. The van der Waals surface area contributed by atoms with Crippen molar-refractivity contribution in [1.82, 2.24) is 10.2 Å². The molecule has 5 nitrogen and oxygen atoms in total. The van der Waals surface area contributed by atoms with Crippen molar-refractivity contribution in [3.8, 4) is 11.5 Å². The van der Waals surface area contributed by atoms with Crippen LogP contribution in [0.1, 0.15) is 54.1 Å². The van der Waals surface area contributed by atoms with E-state index < -0.39 is 0 Å². The SMILES string of the molecule is COc1cc(OC)cc(C2CCc3c(C4COCCC4C)n[nH]c3C2)c1. The highest BCUT2D eigenvalue weighted by molar-refractivity contribution is 5.42. The number of methoxy groups -OCH3 is 2. The van der Waals surface area contributed by atoms with Crippen LogP contribution in [0.15, 0.2) is 18.2 Å². The average molecular weight is 356 g/mol. The second-order valence-electron chi connectivity index (χ2n) is 7.60. The van der Waals surface area contributed by atoms with Gasteiger partial charge in [-0.2, -0.15) is 5.10 Å². The number of benzene rings is 1. The number of rotatable bonds is 4. The lowest BCUT2D eigenvalue weighted by Crippen LogP contribution is -2.25. The number of aromatic amines is 1. The maximum absolute atomic E-state index is 5.73. The third-order valence-electron chi connectivity index (χ3n) is 6.08. The monoisotopic (exact) mass is 356 g/mol. The van der Waals surface area contributed by atoms with Gasteiger partial charge < -0.3 is 14.2 Å². The fraction of sp³-hybridized carbons (Fsp3) is 0.571. The number of ether oxygens (including phenoxy) is 3. The van der Waals surface area contributed by atoms with Crippen LogP contribution in [0, 0.1) is 5.92 Å². The van der Waals surface area contributed by atoms with E-state index in [1.54, 1.807) is 14.2 Å². The molecule has 1 N–H and O–H groups in total. The molecule has 0 bridgehead atoms. The van der Waals surface area contributed by atoms with Crippen LogP contribution in [0.5, 0.6) is 11.5 Å². The summed E-state index contributed by atoms with van der Waals surface area (Å²) in [4.78, 5) is 0. The highest BCUT2D eigenvalue weighted by Crippen LogP contribution is 2.39. The van der Waals surface area contributed by atoms with E-state index in [-0.39, 0.29) is 0 Å². The van der Waals surface area contributed by atoms with Gasteiger partial charge in [0, 0.05) is 24.3 Å². The second-order valence-corrected chi connectivity index (χ2v) is 7.60. The highest BCUT2D eigenvalue weighted by atomic mass is 16.5. The average Bonchev–Trinajstić information content (AvgIpc) is 3.11. The van der Waals surface area contributed by atoms with Crippen LogP contribution in [-0.4, -0.2) is 37.6 Å². The van der Waals surface area contributed by atoms with Gasteiger partial charge in [0.25, 0.3) is 0 Å². The number of nitrogens with zero attached hydrogens (tertiary/aromatic N) is 1. The number of aromatic nitrogens is 2. The number of nitrogens with one attached hydrogen (secondary N) is 1. The number of H-pyrrole nitrogens is 1. The van der Waals surface area contributed by atoms with Gasteiger partial charge in [-0.15, -0.1) is 0 Å². The van der Waals surface area contributed by atoms with E-state index in [1.807, 2.05) is 6.07 Å². The molecule has 1 saturated heterocycles. The van der Waals surface area contributed by atoms with Crippen LogP contribution < -0.4 is 9.47 Å². The zero-order chi connectivity index (χ0) is 18.1. The van der Waals surface area contributed by atoms with Gasteiger partial charge in [0.2, 0.25) is 0 Å². The van der Waals surface area contributed by atoms with E-state index in [0.29, 0.717) is 17.8 Å². The summed E-state index contributed by atoms with van der Waals surface area (Å²) in [5.74, 6) is 3.22. The molecule has 4 rings (SSSR count). The maximum atomic E-state index is 5.73. The van der Waals surface area contributed by atoms with Crippen molar-refractivity contribution in [2.45, 2.75) is 44.4 Å². The fourth-order valence-electron chi connectivity index (χ4n) is 4.38. The van der Waals surface area contributed by atoms with Crippen LogP contribution in [-0.2, 0) is 17.6 Å². The lowest BCUT2D eigenvalue weighted by molar-refractivity contribution is 0.0507. The van der Waals surface area contributed by atoms with Crippen LogP contribution >= 0.6 is 0 Å². The van der Waals surface area contributed by atoms with Crippen molar-refractivity contribution in [3.63, 3.8) is 0 Å². The second kappa shape index (κ2) is 7.31. The Morgan fingerprint density at radius 2 is 1.88 bits per heavy atom. The van der Waals surface area contributed by atoms with E-state index in [2.05, 4.69) is 24.2 Å². The molecule has 2 aliphatic rings. The largest absolute Gasteiger partial charge is 0.497 e. The molecule has 3 unspecified atom stereocenters. The van der Waals surface area contributed by atoms with Gasteiger partial charge in [-0.25, -0.2) is 0 Å². The van der Waals surface area contributed by atoms with Gasteiger partial charge >= 0.3 is 0 Å². The Morgan fingerprint density at radius 3 is 2.58 bits per heavy atom. The fourth-order valence-corrected chi connectivity index (χ4v) is 4.38. The zero-order valence-electron chi connectivity index (χ0n) is 15.9. The Labute approximate surface area is 155 Å². The van der Waals surface area contributed by atoms with Gasteiger partial charge in [0.15, 0.2) is 0 Å². The number of hydrogen-bond donors (Lipinski definition) is 1. The minimum absolute atomic E-state index is 0.428. The molecular formula is C21H28N2O3. The Kier molecular flexibility index (Phi) is 4.90. The molecule has 0 amide bonds. The zero-order valence-corrected chi connectivity index (χ0v) is 15.9. The first-order chi connectivity index (χ1) is 12.7. The van der Waals surface area contributed by atoms with E-state index >= 15 is 0 Å². The first-order valence-corrected chi connectivity index (χ1v) is 9.56. The standard InChI is InChI=1S/C21H28N2O3/c1-13-6-7-26-12-19(13)21-18-5-4-14(10-20(18)22-23-21)15-8-16(24-2)11-17(9-15)25-3/h8-9,11,13-14,19H,4-7,10,12H2,1-3H3,(H,22,23). The summed E-state index contributed by atoms with van der Waals surface area (Å²) in [7, 11) is 3.40. The van der Waals surface area contributed by atoms with E-state index in [0.717, 1.165) is 50.4 Å². The topological polar surface area (TPSA) is 56.4 Å².